The standard InChI is InChI=1S/C15H22Cl2N2/c1-2-3-14-11-19(9-7-18-14)8-6-12-4-5-13(16)10-15(12)17/h4-5,10,14,18H,2-3,6-9,11H2,1H3. The fourth-order valence-electron chi connectivity index (χ4n) is 2.64. The summed E-state index contributed by atoms with van der Waals surface area (Å²) in [6.07, 6.45) is 3.50. The number of nitrogens with zero attached hydrogens (tertiary/aromatic N) is 1. The van der Waals surface area contributed by atoms with Gasteiger partial charge in [-0.3, -0.25) is 0 Å². The summed E-state index contributed by atoms with van der Waals surface area (Å²) in [6.45, 7) is 6.70. The minimum absolute atomic E-state index is 0.652. The van der Waals surface area contributed by atoms with Crippen molar-refractivity contribution in [2.24, 2.45) is 0 Å². The van der Waals surface area contributed by atoms with E-state index in [1.807, 2.05) is 18.2 Å². The first kappa shape index (κ1) is 15.1. The van der Waals surface area contributed by atoms with Gasteiger partial charge in [0.2, 0.25) is 0 Å². The second kappa shape index (κ2) is 7.49. The maximum absolute atomic E-state index is 6.21. The molecular formula is C15H22Cl2N2. The minimum atomic E-state index is 0.652. The lowest BCUT2D eigenvalue weighted by molar-refractivity contribution is 0.196. The van der Waals surface area contributed by atoms with E-state index in [1.165, 1.54) is 18.4 Å². The van der Waals surface area contributed by atoms with Crippen molar-refractivity contribution in [1.82, 2.24) is 10.2 Å². The van der Waals surface area contributed by atoms with Gasteiger partial charge in [-0.2, -0.15) is 0 Å². The first-order valence-corrected chi connectivity index (χ1v) is 7.84. The average molecular weight is 301 g/mol. The fourth-order valence-corrected chi connectivity index (χ4v) is 3.15. The molecule has 4 heteroatoms. The van der Waals surface area contributed by atoms with Gasteiger partial charge in [0.15, 0.2) is 0 Å². The molecule has 0 radical (unpaired) electrons. The number of piperazine rings is 1. The molecule has 1 aromatic carbocycles. The van der Waals surface area contributed by atoms with Gasteiger partial charge in [0.25, 0.3) is 0 Å². The van der Waals surface area contributed by atoms with Gasteiger partial charge in [-0.15, -0.1) is 0 Å². The van der Waals surface area contributed by atoms with Crippen molar-refractivity contribution in [3.05, 3.63) is 33.8 Å². The fraction of sp³-hybridized carbons (Fsp3) is 0.600. The molecule has 0 bridgehead atoms. The zero-order valence-corrected chi connectivity index (χ0v) is 13.0. The molecule has 0 amide bonds. The molecule has 2 rings (SSSR count). The topological polar surface area (TPSA) is 15.3 Å². The maximum atomic E-state index is 6.21. The Hall–Kier alpha value is -0.280. The van der Waals surface area contributed by atoms with Crippen LogP contribution in [0.4, 0.5) is 0 Å². The Labute approximate surface area is 126 Å². The Morgan fingerprint density at radius 3 is 2.95 bits per heavy atom. The van der Waals surface area contributed by atoms with Crippen LogP contribution in [0.5, 0.6) is 0 Å². The molecule has 0 aliphatic carbocycles. The van der Waals surface area contributed by atoms with Gasteiger partial charge in [-0.05, 0) is 30.5 Å². The average Bonchev–Trinajstić information content (AvgIpc) is 2.38. The van der Waals surface area contributed by atoms with Crippen LogP contribution >= 0.6 is 23.2 Å². The molecule has 0 spiro atoms. The summed E-state index contributed by atoms with van der Waals surface area (Å²) in [5.74, 6) is 0. The number of hydrogen-bond acceptors (Lipinski definition) is 2. The van der Waals surface area contributed by atoms with Crippen LogP contribution < -0.4 is 5.32 Å². The van der Waals surface area contributed by atoms with Crippen LogP contribution in [0.2, 0.25) is 10.0 Å². The normalized spacial score (nSPS) is 20.7. The Morgan fingerprint density at radius 1 is 1.37 bits per heavy atom. The van der Waals surface area contributed by atoms with Crippen molar-refractivity contribution in [3.8, 4) is 0 Å². The van der Waals surface area contributed by atoms with Crippen LogP contribution in [0.25, 0.3) is 0 Å². The predicted molar refractivity (Wildman–Crippen MR) is 83.3 cm³/mol. The molecule has 19 heavy (non-hydrogen) atoms. The highest BCUT2D eigenvalue weighted by Crippen LogP contribution is 2.21. The number of hydrogen-bond donors (Lipinski definition) is 1. The summed E-state index contributed by atoms with van der Waals surface area (Å²) in [6, 6.07) is 6.44. The first-order chi connectivity index (χ1) is 9.19. The third kappa shape index (κ3) is 4.64. The molecule has 1 N–H and O–H groups in total. The van der Waals surface area contributed by atoms with Gasteiger partial charge in [0, 0.05) is 42.3 Å². The quantitative estimate of drug-likeness (QED) is 0.894. The Balaban J connectivity index is 1.84. The van der Waals surface area contributed by atoms with Crippen LogP contribution in [0.15, 0.2) is 18.2 Å². The Bertz CT molecular complexity index is 407. The van der Waals surface area contributed by atoms with Gasteiger partial charge in [0.1, 0.15) is 0 Å². The zero-order chi connectivity index (χ0) is 13.7. The van der Waals surface area contributed by atoms with Crippen LogP contribution in [0, 0.1) is 0 Å². The maximum Gasteiger partial charge on any atom is 0.0453 e. The van der Waals surface area contributed by atoms with E-state index in [0.717, 1.165) is 37.6 Å². The van der Waals surface area contributed by atoms with Crippen molar-refractivity contribution in [3.63, 3.8) is 0 Å². The third-order valence-corrected chi connectivity index (χ3v) is 4.28. The molecule has 1 aromatic rings. The summed E-state index contributed by atoms with van der Waals surface area (Å²) in [5.41, 5.74) is 1.19. The largest absolute Gasteiger partial charge is 0.311 e. The lowest BCUT2D eigenvalue weighted by Gasteiger charge is -2.33. The van der Waals surface area contributed by atoms with E-state index in [-0.39, 0.29) is 0 Å². The minimum Gasteiger partial charge on any atom is -0.311 e. The third-order valence-electron chi connectivity index (χ3n) is 3.69. The lowest BCUT2D eigenvalue weighted by atomic mass is 10.1. The number of nitrogens with one attached hydrogen (secondary N) is 1. The van der Waals surface area contributed by atoms with E-state index in [9.17, 15) is 0 Å². The predicted octanol–water partition coefficient (Wildman–Crippen LogP) is 3.61. The summed E-state index contributed by atoms with van der Waals surface area (Å²) >= 11 is 12.1. The summed E-state index contributed by atoms with van der Waals surface area (Å²) in [5, 5.41) is 5.07. The van der Waals surface area contributed by atoms with Crippen molar-refractivity contribution < 1.29 is 0 Å². The molecule has 0 saturated carbocycles. The number of halogens is 2. The van der Waals surface area contributed by atoms with Crippen molar-refractivity contribution in [2.75, 3.05) is 26.2 Å². The highest BCUT2D eigenvalue weighted by atomic mass is 35.5. The highest BCUT2D eigenvalue weighted by Gasteiger charge is 2.18. The molecule has 106 valence electrons. The van der Waals surface area contributed by atoms with Gasteiger partial charge >= 0.3 is 0 Å². The van der Waals surface area contributed by atoms with Crippen molar-refractivity contribution >= 4 is 23.2 Å². The molecule has 2 nitrogen and oxygen atoms in total. The van der Waals surface area contributed by atoms with E-state index in [1.54, 1.807) is 0 Å². The SMILES string of the molecule is CCCC1CN(CCc2ccc(Cl)cc2Cl)CCN1. The monoisotopic (exact) mass is 300 g/mol. The van der Waals surface area contributed by atoms with Crippen LogP contribution in [0.3, 0.4) is 0 Å². The van der Waals surface area contributed by atoms with Crippen LogP contribution in [0.1, 0.15) is 25.3 Å². The summed E-state index contributed by atoms with van der Waals surface area (Å²) in [4.78, 5) is 2.53. The second-order valence-electron chi connectivity index (χ2n) is 5.23. The van der Waals surface area contributed by atoms with E-state index in [4.69, 9.17) is 23.2 Å². The molecule has 1 heterocycles. The molecule has 1 saturated heterocycles. The molecule has 1 fully saturated rings. The van der Waals surface area contributed by atoms with E-state index in [0.29, 0.717) is 11.1 Å². The molecular weight excluding hydrogens is 279 g/mol. The lowest BCUT2D eigenvalue weighted by Crippen LogP contribution is -2.50. The highest BCUT2D eigenvalue weighted by molar-refractivity contribution is 6.35. The summed E-state index contributed by atoms with van der Waals surface area (Å²) in [7, 11) is 0. The second-order valence-corrected chi connectivity index (χ2v) is 6.07. The van der Waals surface area contributed by atoms with Crippen LogP contribution in [-0.4, -0.2) is 37.1 Å². The molecule has 1 atom stereocenters. The molecule has 1 aliphatic rings. The molecule has 0 aromatic heterocycles. The smallest absolute Gasteiger partial charge is 0.0453 e. The van der Waals surface area contributed by atoms with Gasteiger partial charge in [-0.25, -0.2) is 0 Å². The van der Waals surface area contributed by atoms with Crippen molar-refractivity contribution in [1.29, 1.82) is 0 Å². The first-order valence-electron chi connectivity index (χ1n) is 7.08. The van der Waals surface area contributed by atoms with E-state index < -0.39 is 0 Å². The molecule has 1 aliphatic heterocycles. The van der Waals surface area contributed by atoms with E-state index >= 15 is 0 Å². The van der Waals surface area contributed by atoms with Gasteiger partial charge in [0.05, 0.1) is 0 Å². The van der Waals surface area contributed by atoms with Gasteiger partial charge < -0.3 is 10.2 Å². The van der Waals surface area contributed by atoms with E-state index in [2.05, 4.69) is 17.1 Å². The Kier molecular flexibility index (Phi) is 5.96. The summed E-state index contributed by atoms with van der Waals surface area (Å²) < 4.78 is 0. The van der Waals surface area contributed by atoms with Crippen molar-refractivity contribution in [2.45, 2.75) is 32.2 Å². The zero-order valence-electron chi connectivity index (χ0n) is 11.5. The molecule has 1 unspecified atom stereocenters. The number of benzene rings is 1. The van der Waals surface area contributed by atoms with Gasteiger partial charge in [-0.1, -0.05) is 42.6 Å². The number of rotatable bonds is 5. The Morgan fingerprint density at radius 2 is 2.21 bits per heavy atom. The van der Waals surface area contributed by atoms with Crippen LogP contribution in [-0.2, 0) is 6.42 Å².